The number of nitrogens with one attached hydrogen (secondary N) is 1. The van der Waals surface area contributed by atoms with Crippen LogP contribution in [0.4, 0.5) is 0 Å². The fraction of sp³-hybridized carbons (Fsp3) is 0.188. The first-order valence-electron chi connectivity index (χ1n) is 7.18. The number of sulfone groups is 1. The average Bonchev–Trinajstić information content (AvgIpc) is 2.59. The number of carbonyl (C=O) groups is 2. The van der Waals surface area contributed by atoms with Crippen LogP contribution in [0, 0.1) is 0 Å². The summed E-state index contributed by atoms with van der Waals surface area (Å²) in [7, 11) is -3.56. The molecule has 2 aromatic rings. The Labute approximate surface area is 139 Å². The molecule has 1 heterocycles. The van der Waals surface area contributed by atoms with Gasteiger partial charge in [-0.15, -0.1) is 0 Å². The Morgan fingerprint density at radius 1 is 1.08 bits per heavy atom. The molecule has 0 saturated carbocycles. The third kappa shape index (κ3) is 4.63. The Kier molecular flexibility index (Phi) is 5.64. The summed E-state index contributed by atoms with van der Waals surface area (Å²) >= 11 is 0. The molecule has 0 bridgehead atoms. The molecule has 2 rings (SSSR count). The van der Waals surface area contributed by atoms with Crippen molar-refractivity contribution >= 4 is 21.7 Å². The summed E-state index contributed by atoms with van der Waals surface area (Å²) in [6.45, 7) is 0. The normalized spacial score (nSPS) is 12.3. The zero-order chi connectivity index (χ0) is 17.6. The van der Waals surface area contributed by atoms with Crippen LogP contribution in [0.5, 0.6) is 0 Å². The topological polar surface area (TPSA) is 119 Å². The smallest absolute Gasteiger partial charge is 0.252 e. The summed E-state index contributed by atoms with van der Waals surface area (Å²) in [6.07, 6.45) is 2.77. The number of nitrogens with two attached hydrogens (primary N) is 1. The molecular weight excluding hydrogens is 330 g/mol. The molecule has 0 aliphatic heterocycles. The Hall–Kier alpha value is -2.74. The van der Waals surface area contributed by atoms with Crippen molar-refractivity contribution in [1.82, 2.24) is 10.3 Å². The van der Waals surface area contributed by atoms with Crippen molar-refractivity contribution < 1.29 is 18.0 Å². The molecule has 0 aliphatic rings. The van der Waals surface area contributed by atoms with E-state index in [-0.39, 0.29) is 17.1 Å². The molecule has 0 unspecified atom stereocenters. The van der Waals surface area contributed by atoms with E-state index in [1.54, 1.807) is 18.2 Å². The number of hydrogen-bond donors (Lipinski definition) is 2. The van der Waals surface area contributed by atoms with E-state index < -0.39 is 27.7 Å². The second-order valence-corrected chi connectivity index (χ2v) is 7.19. The highest BCUT2D eigenvalue weighted by Gasteiger charge is 2.23. The summed E-state index contributed by atoms with van der Waals surface area (Å²) < 4.78 is 24.5. The monoisotopic (exact) mass is 347 g/mol. The van der Waals surface area contributed by atoms with Crippen molar-refractivity contribution in [3.63, 3.8) is 0 Å². The van der Waals surface area contributed by atoms with E-state index in [0.717, 1.165) is 0 Å². The van der Waals surface area contributed by atoms with Crippen molar-refractivity contribution in [1.29, 1.82) is 0 Å². The second kappa shape index (κ2) is 7.69. The van der Waals surface area contributed by atoms with Gasteiger partial charge >= 0.3 is 0 Å². The highest BCUT2D eigenvalue weighted by atomic mass is 32.2. The van der Waals surface area contributed by atoms with E-state index in [9.17, 15) is 18.0 Å². The number of rotatable bonds is 7. The molecule has 0 aliphatic carbocycles. The molecule has 8 heteroatoms. The van der Waals surface area contributed by atoms with E-state index in [1.165, 1.54) is 36.7 Å². The standard InChI is InChI=1S/C16H17N3O4S/c17-15(20)14(19-16(21)12-6-9-18-10-7-12)8-11-24(22,23)13-4-2-1-3-5-13/h1-7,9-10,14H,8,11H2,(H2,17,20)(H,19,21)/t14-/m1/s1. The maximum Gasteiger partial charge on any atom is 0.252 e. The lowest BCUT2D eigenvalue weighted by Gasteiger charge is -2.15. The van der Waals surface area contributed by atoms with Crippen LogP contribution in [0.1, 0.15) is 16.8 Å². The van der Waals surface area contributed by atoms with Gasteiger partial charge in [-0.05, 0) is 30.7 Å². The van der Waals surface area contributed by atoms with Gasteiger partial charge in [-0.2, -0.15) is 0 Å². The number of carbonyl (C=O) groups excluding carboxylic acids is 2. The largest absolute Gasteiger partial charge is 0.368 e. The van der Waals surface area contributed by atoms with E-state index in [4.69, 9.17) is 5.73 Å². The lowest BCUT2D eigenvalue weighted by Crippen LogP contribution is -2.45. The zero-order valence-electron chi connectivity index (χ0n) is 12.8. The maximum atomic E-state index is 12.2. The minimum Gasteiger partial charge on any atom is -0.368 e. The van der Waals surface area contributed by atoms with Gasteiger partial charge in [0, 0.05) is 18.0 Å². The molecule has 7 nitrogen and oxygen atoms in total. The van der Waals surface area contributed by atoms with Crippen LogP contribution in [0.3, 0.4) is 0 Å². The van der Waals surface area contributed by atoms with Crippen LogP contribution in [0.15, 0.2) is 59.8 Å². The fourth-order valence-electron chi connectivity index (χ4n) is 2.05. The number of hydrogen-bond acceptors (Lipinski definition) is 5. The molecule has 0 saturated heterocycles. The zero-order valence-corrected chi connectivity index (χ0v) is 13.6. The molecule has 126 valence electrons. The van der Waals surface area contributed by atoms with Gasteiger partial charge in [0.1, 0.15) is 6.04 Å². The number of primary amides is 1. The van der Waals surface area contributed by atoms with Crippen LogP contribution < -0.4 is 11.1 Å². The lowest BCUT2D eigenvalue weighted by atomic mass is 10.2. The summed E-state index contributed by atoms with van der Waals surface area (Å²) in [5.41, 5.74) is 5.58. The predicted octanol–water partition coefficient (Wildman–Crippen LogP) is 0.529. The maximum absolute atomic E-state index is 12.2. The fourth-order valence-corrected chi connectivity index (χ4v) is 3.40. The molecule has 0 radical (unpaired) electrons. The number of aromatic nitrogens is 1. The Morgan fingerprint density at radius 2 is 1.71 bits per heavy atom. The van der Waals surface area contributed by atoms with E-state index in [1.807, 2.05) is 0 Å². The summed E-state index contributed by atoms with van der Waals surface area (Å²) in [4.78, 5) is 27.5. The average molecular weight is 347 g/mol. The number of pyridine rings is 1. The Bertz CT molecular complexity index is 808. The first-order chi connectivity index (χ1) is 11.4. The predicted molar refractivity (Wildman–Crippen MR) is 87.8 cm³/mol. The van der Waals surface area contributed by atoms with Crippen LogP contribution in [0.25, 0.3) is 0 Å². The number of benzene rings is 1. The minimum absolute atomic E-state index is 0.108. The molecule has 1 aromatic carbocycles. The first-order valence-corrected chi connectivity index (χ1v) is 8.83. The molecule has 24 heavy (non-hydrogen) atoms. The second-order valence-electron chi connectivity index (χ2n) is 5.08. The van der Waals surface area contributed by atoms with E-state index in [2.05, 4.69) is 10.3 Å². The number of amides is 2. The van der Waals surface area contributed by atoms with Crippen molar-refractivity contribution in [3.05, 3.63) is 60.4 Å². The quantitative estimate of drug-likeness (QED) is 0.757. The molecule has 0 fully saturated rings. The molecule has 2 amide bonds. The van der Waals surface area contributed by atoms with Crippen molar-refractivity contribution in [3.8, 4) is 0 Å². The van der Waals surface area contributed by atoms with Crippen LogP contribution in [-0.2, 0) is 14.6 Å². The Morgan fingerprint density at radius 3 is 2.29 bits per heavy atom. The molecular formula is C16H17N3O4S. The number of nitrogens with zero attached hydrogens (tertiary/aromatic N) is 1. The summed E-state index contributed by atoms with van der Waals surface area (Å²) in [5, 5.41) is 2.45. The molecule has 0 spiro atoms. The minimum atomic E-state index is -3.56. The molecule has 1 aromatic heterocycles. The van der Waals surface area contributed by atoms with Crippen molar-refractivity contribution in [2.24, 2.45) is 5.73 Å². The highest BCUT2D eigenvalue weighted by Crippen LogP contribution is 2.12. The van der Waals surface area contributed by atoms with Crippen LogP contribution in [0.2, 0.25) is 0 Å². The van der Waals surface area contributed by atoms with Crippen molar-refractivity contribution in [2.45, 2.75) is 17.4 Å². The lowest BCUT2D eigenvalue weighted by molar-refractivity contribution is -0.119. The van der Waals surface area contributed by atoms with Crippen molar-refractivity contribution in [2.75, 3.05) is 5.75 Å². The van der Waals surface area contributed by atoms with Gasteiger partial charge in [0.05, 0.1) is 10.6 Å². The summed E-state index contributed by atoms with van der Waals surface area (Å²) in [5.74, 6) is -1.61. The highest BCUT2D eigenvalue weighted by molar-refractivity contribution is 7.91. The first kappa shape index (κ1) is 17.6. The SMILES string of the molecule is NC(=O)[C@@H](CCS(=O)(=O)c1ccccc1)NC(=O)c1ccncc1. The third-order valence-electron chi connectivity index (χ3n) is 3.37. The van der Waals surface area contributed by atoms with Gasteiger partial charge in [-0.3, -0.25) is 14.6 Å². The molecule has 3 N–H and O–H groups in total. The van der Waals surface area contributed by atoms with Gasteiger partial charge in [0.25, 0.3) is 5.91 Å². The van der Waals surface area contributed by atoms with E-state index in [0.29, 0.717) is 5.56 Å². The van der Waals surface area contributed by atoms with Gasteiger partial charge in [0.2, 0.25) is 5.91 Å². The van der Waals surface area contributed by atoms with Crippen LogP contribution >= 0.6 is 0 Å². The Balaban J connectivity index is 2.04. The molecule has 1 atom stereocenters. The summed E-state index contributed by atoms with van der Waals surface area (Å²) in [6, 6.07) is 9.77. The van der Waals surface area contributed by atoms with Crippen LogP contribution in [-0.4, -0.2) is 37.0 Å². The van der Waals surface area contributed by atoms with Gasteiger partial charge in [-0.25, -0.2) is 8.42 Å². The van der Waals surface area contributed by atoms with Gasteiger partial charge in [0.15, 0.2) is 9.84 Å². The van der Waals surface area contributed by atoms with Gasteiger partial charge < -0.3 is 11.1 Å². The third-order valence-corrected chi connectivity index (χ3v) is 5.13. The van der Waals surface area contributed by atoms with E-state index >= 15 is 0 Å². The van der Waals surface area contributed by atoms with Gasteiger partial charge in [-0.1, -0.05) is 18.2 Å².